The van der Waals surface area contributed by atoms with Crippen molar-refractivity contribution < 1.29 is 0 Å². The summed E-state index contributed by atoms with van der Waals surface area (Å²) in [6.45, 7) is 6.74. The normalized spacial score (nSPS) is 23.2. The maximum Gasteiger partial charge on any atom is 0.109 e. The van der Waals surface area contributed by atoms with E-state index in [1.165, 1.54) is 35.7 Å². The van der Waals surface area contributed by atoms with Crippen molar-refractivity contribution in [3.8, 4) is 0 Å². The molecule has 1 N–H and O–H groups in total. The van der Waals surface area contributed by atoms with Crippen LogP contribution in [0.25, 0.3) is 0 Å². The molecule has 102 valence electrons. The van der Waals surface area contributed by atoms with Crippen LogP contribution in [0, 0.1) is 0 Å². The van der Waals surface area contributed by atoms with Gasteiger partial charge in [-0.3, -0.25) is 0 Å². The Hall–Kier alpha value is -0.450. The van der Waals surface area contributed by atoms with Crippen molar-refractivity contribution in [1.82, 2.24) is 15.2 Å². The molecular formula is C14H25N3S. The van der Waals surface area contributed by atoms with E-state index in [2.05, 4.69) is 36.1 Å². The van der Waals surface area contributed by atoms with E-state index in [4.69, 9.17) is 0 Å². The lowest BCUT2D eigenvalue weighted by molar-refractivity contribution is 0.178. The highest BCUT2D eigenvalue weighted by atomic mass is 32.1. The molecule has 1 saturated heterocycles. The zero-order valence-electron chi connectivity index (χ0n) is 11.8. The third-order valence-corrected chi connectivity index (χ3v) is 5.20. The number of piperidine rings is 1. The molecule has 0 radical (unpaired) electrons. The summed E-state index contributed by atoms with van der Waals surface area (Å²) >= 11 is 1.84. The standard InChI is InChI=1S/C14H25N3S/c1-4-13-10-16-14(18-13)11(2)15-9-12-7-5-6-8-17(12)3/h10-12,15H,4-9H2,1-3H3. The number of aromatic nitrogens is 1. The number of likely N-dealkylation sites (N-methyl/N-ethyl adjacent to an activating group) is 1. The van der Waals surface area contributed by atoms with Crippen molar-refractivity contribution in [2.75, 3.05) is 20.1 Å². The van der Waals surface area contributed by atoms with Crippen LogP contribution in [0.1, 0.15) is 49.0 Å². The zero-order chi connectivity index (χ0) is 13.0. The summed E-state index contributed by atoms with van der Waals surface area (Å²) in [5.74, 6) is 0. The second kappa shape index (κ2) is 6.64. The largest absolute Gasteiger partial charge is 0.307 e. The van der Waals surface area contributed by atoms with Crippen LogP contribution in [0.5, 0.6) is 0 Å². The monoisotopic (exact) mass is 267 g/mol. The lowest BCUT2D eigenvalue weighted by atomic mass is 10.0. The number of thiazole rings is 1. The predicted octanol–water partition coefficient (Wildman–Crippen LogP) is 2.84. The Morgan fingerprint density at radius 3 is 3.06 bits per heavy atom. The molecule has 1 aliphatic heterocycles. The van der Waals surface area contributed by atoms with Gasteiger partial charge >= 0.3 is 0 Å². The maximum atomic E-state index is 4.51. The first kappa shape index (κ1) is 14.0. The summed E-state index contributed by atoms with van der Waals surface area (Å²) in [6.07, 6.45) is 7.17. The Morgan fingerprint density at radius 1 is 1.56 bits per heavy atom. The topological polar surface area (TPSA) is 28.2 Å². The van der Waals surface area contributed by atoms with Crippen LogP contribution in [0.2, 0.25) is 0 Å². The zero-order valence-corrected chi connectivity index (χ0v) is 12.6. The predicted molar refractivity (Wildman–Crippen MR) is 78.2 cm³/mol. The van der Waals surface area contributed by atoms with E-state index in [1.807, 2.05) is 17.5 Å². The van der Waals surface area contributed by atoms with Crippen molar-refractivity contribution in [3.63, 3.8) is 0 Å². The van der Waals surface area contributed by atoms with Crippen molar-refractivity contribution >= 4 is 11.3 Å². The van der Waals surface area contributed by atoms with Crippen molar-refractivity contribution in [1.29, 1.82) is 0 Å². The summed E-state index contributed by atoms with van der Waals surface area (Å²) in [6, 6.07) is 1.08. The lowest BCUT2D eigenvalue weighted by Gasteiger charge is -2.33. The number of likely N-dealkylation sites (tertiary alicyclic amines) is 1. The van der Waals surface area contributed by atoms with Crippen molar-refractivity contribution in [2.24, 2.45) is 0 Å². The molecule has 0 spiro atoms. The molecule has 0 amide bonds. The quantitative estimate of drug-likeness (QED) is 0.889. The van der Waals surface area contributed by atoms with Crippen LogP contribution >= 0.6 is 11.3 Å². The molecular weight excluding hydrogens is 242 g/mol. The van der Waals surface area contributed by atoms with Gasteiger partial charge in [0.05, 0.1) is 6.04 Å². The first-order valence-corrected chi connectivity index (χ1v) is 7.90. The summed E-state index contributed by atoms with van der Waals surface area (Å²) in [7, 11) is 2.24. The molecule has 1 aromatic heterocycles. The average molecular weight is 267 g/mol. The highest BCUT2D eigenvalue weighted by molar-refractivity contribution is 7.11. The van der Waals surface area contributed by atoms with Crippen LogP contribution in [-0.4, -0.2) is 36.1 Å². The lowest BCUT2D eigenvalue weighted by Crippen LogP contribution is -2.43. The summed E-state index contributed by atoms with van der Waals surface area (Å²) in [5.41, 5.74) is 0. The molecule has 18 heavy (non-hydrogen) atoms. The molecule has 2 heterocycles. The van der Waals surface area contributed by atoms with Gasteiger partial charge in [0.2, 0.25) is 0 Å². The molecule has 0 aliphatic carbocycles. The van der Waals surface area contributed by atoms with Gasteiger partial charge in [0, 0.05) is 23.7 Å². The minimum absolute atomic E-state index is 0.380. The fraction of sp³-hybridized carbons (Fsp3) is 0.786. The highest BCUT2D eigenvalue weighted by Gasteiger charge is 2.19. The molecule has 0 bridgehead atoms. The Morgan fingerprint density at radius 2 is 2.39 bits per heavy atom. The van der Waals surface area contributed by atoms with Crippen LogP contribution in [0.4, 0.5) is 0 Å². The van der Waals surface area contributed by atoms with Crippen LogP contribution in [0.15, 0.2) is 6.20 Å². The van der Waals surface area contributed by atoms with E-state index in [-0.39, 0.29) is 0 Å². The van der Waals surface area contributed by atoms with E-state index >= 15 is 0 Å². The average Bonchev–Trinajstić information content (AvgIpc) is 2.86. The van der Waals surface area contributed by atoms with E-state index in [0.29, 0.717) is 12.1 Å². The van der Waals surface area contributed by atoms with Crippen LogP contribution in [0.3, 0.4) is 0 Å². The molecule has 0 aromatic carbocycles. The van der Waals surface area contributed by atoms with Gasteiger partial charge in [-0.05, 0) is 39.8 Å². The second-order valence-electron chi connectivity index (χ2n) is 5.28. The van der Waals surface area contributed by atoms with Gasteiger partial charge in [0.15, 0.2) is 0 Å². The van der Waals surface area contributed by atoms with Crippen LogP contribution in [-0.2, 0) is 6.42 Å². The van der Waals surface area contributed by atoms with E-state index in [0.717, 1.165) is 13.0 Å². The number of nitrogens with one attached hydrogen (secondary N) is 1. The smallest absolute Gasteiger partial charge is 0.109 e. The summed E-state index contributed by atoms with van der Waals surface area (Å²) < 4.78 is 0. The fourth-order valence-electron chi connectivity index (χ4n) is 2.49. The first-order chi connectivity index (χ1) is 8.70. The fourth-order valence-corrected chi connectivity index (χ4v) is 3.37. The third-order valence-electron chi connectivity index (χ3n) is 3.87. The van der Waals surface area contributed by atoms with Gasteiger partial charge in [-0.2, -0.15) is 0 Å². The highest BCUT2D eigenvalue weighted by Crippen LogP contribution is 2.21. The Balaban J connectivity index is 1.81. The number of aryl methyl sites for hydroxylation is 1. The molecule has 0 saturated carbocycles. The van der Waals surface area contributed by atoms with Gasteiger partial charge < -0.3 is 10.2 Å². The molecule has 3 nitrogen and oxygen atoms in total. The third kappa shape index (κ3) is 3.53. The van der Waals surface area contributed by atoms with Gasteiger partial charge in [0.25, 0.3) is 0 Å². The summed E-state index contributed by atoms with van der Waals surface area (Å²) in [4.78, 5) is 8.38. The number of nitrogens with zero attached hydrogens (tertiary/aromatic N) is 2. The SMILES string of the molecule is CCc1cnc(C(C)NCC2CCCCN2C)s1. The van der Waals surface area contributed by atoms with E-state index < -0.39 is 0 Å². The Labute approximate surface area is 115 Å². The van der Waals surface area contributed by atoms with Crippen molar-refractivity contribution in [3.05, 3.63) is 16.1 Å². The molecule has 1 fully saturated rings. The van der Waals surface area contributed by atoms with Crippen LogP contribution < -0.4 is 5.32 Å². The summed E-state index contributed by atoms with van der Waals surface area (Å²) in [5, 5.41) is 4.87. The van der Waals surface area contributed by atoms with E-state index in [9.17, 15) is 0 Å². The molecule has 2 unspecified atom stereocenters. The molecule has 2 atom stereocenters. The minimum atomic E-state index is 0.380. The van der Waals surface area contributed by atoms with Gasteiger partial charge in [-0.15, -0.1) is 11.3 Å². The van der Waals surface area contributed by atoms with Crippen molar-refractivity contribution in [2.45, 2.75) is 51.6 Å². The Kier molecular flexibility index (Phi) is 5.15. The minimum Gasteiger partial charge on any atom is -0.307 e. The molecule has 1 aliphatic rings. The molecule has 2 rings (SSSR count). The first-order valence-electron chi connectivity index (χ1n) is 7.09. The molecule has 4 heteroatoms. The van der Waals surface area contributed by atoms with Gasteiger partial charge in [0.1, 0.15) is 5.01 Å². The molecule has 1 aromatic rings. The maximum absolute atomic E-state index is 4.51. The number of hydrogen-bond acceptors (Lipinski definition) is 4. The number of rotatable bonds is 5. The van der Waals surface area contributed by atoms with Gasteiger partial charge in [-0.25, -0.2) is 4.98 Å². The number of hydrogen-bond donors (Lipinski definition) is 1. The van der Waals surface area contributed by atoms with Gasteiger partial charge in [-0.1, -0.05) is 13.3 Å². The second-order valence-corrected chi connectivity index (χ2v) is 6.43. The Bertz CT molecular complexity index is 364. The van der Waals surface area contributed by atoms with E-state index in [1.54, 1.807) is 0 Å².